The molecule has 9 heteroatoms. The molecule has 1 aromatic carbocycles. The van der Waals surface area contributed by atoms with Gasteiger partial charge < -0.3 is 5.32 Å². The van der Waals surface area contributed by atoms with Gasteiger partial charge in [0.15, 0.2) is 16.6 Å². The molecule has 0 atom stereocenters. The zero-order valence-corrected chi connectivity index (χ0v) is 16.8. The summed E-state index contributed by atoms with van der Waals surface area (Å²) in [6.07, 6.45) is 1.52. The fourth-order valence-corrected chi connectivity index (χ4v) is 4.57. The van der Waals surface area contributed by atoms with Crippen molar-refractivity contribution in [2.75, 3.05) is 5.32 Å². The van der Waals surface area contributed by atoms with Crippen molar-refractivity contribution >= 4 is 44.5 Å². The second-order valence-electron chi connectivity index (χ2n) is 6.26. The van der Waals surface area contributed by atoms with Crippen molar-refractivity contribution in [2.24, 2.45) is 0 Å². The minimum absolute atomic E-state index is 0.408. The van der Waals surface area contributed by atoms with Crippen LogP contribution in [-0.4, -0.2) is 25.0 Å². The summed E-state index contributed by atoms with van der Waals surface area (Å²) in [5.41, 5.74) is 2.37. The minimum Gasteiger partial charge on any atom is -0.313 e. The molecule has 7 nitrogen and oxygen atoms in total. The molecule has 0 spiro atoms. The maximum absolute atomic E-state index is 9.54. The molecule has 0 radical (unpaired) electrons. The van der Waals surface area contributed by atoms with Gasteiger partial charge in [-0.1, -0.05) is 35.6 Å². The highest BCUT2D eigenvalue weighted by Crippen LogP contribution is 2.32. The fraction of sp³-hybridized carbons (Fsp3) is 0.0500. The molecule has 0 unspecified atom stereocenters. The van der Waals surface area contributed by atoms with Crippen LogP contribution in [0.25, 0.3) is 26.6 Å². The van der Waals surface area contributed by atoms with E-state index in [2.05, 4.69) is 26.7 Å². The van der Waals surface area contributed by atoms with Crippen LogP contribution >= 0.6 is 22.7 Å². The van der Waals surface area contributed by atoms with Crippen molar-refractivity contribution in [1.82, 2.24) is 25.0 Å². The van der Waals surface area contributed by atoms with E-state index in [-0.39, 0.29) is 0 Å². The van der Waals surface area contributed by atoms with Crippen LogP contribution in [-0.2, 0) is 0 Å². The van der Waals surface area contributed by atoms with Crippen LogP contribution in [0.3, 0.4) is 0 Å². The Morgan fingerprint density at radius 3 is 2.86 bits per heavy atom. The van der Waals surface area contributed by atoms with Crippen molar-refractivity contribution in [3.63, 3.8) is 0 Å². The Morgan fingerprint density at radius 1 is 1.14 bits per heavy atom. The van der Waals surface area contributed by atoms with Gasteiger partial charge in [0.2, 0.25) is 5.13 Å². The van der Waals surface area contributed by atoms with E-state index in [1.165, 1.54) is 17.5 Å². The summed E-state index contributed by atoms with van der Waals surface area (Å²) >= 11 is 3.03. The van der Waals surface area contributed by atoms with Crippen molar-refractivity contribution in [3.05, 3.63) is 65.2 Å². The lowest BCUT2D eigenvalue weighted by atomic mass is 10.1. The van der Waals surface area contributed by atoms with Gasteiger partial charge in [-0.3, -0.25) is 0 Å². The number of aromatic nitrogens is 5. The molecule has 140 valence electrons. The van der Waals surface area contributed by atoms with E-state index in [0.29, 0.717) is 22.3 Å². The van der Waals surface area contributed by atoms with Crippen molar-refractivity contribution in [2.45, 2.75) is 6.92 Å². The number of nitriles is 1. The number of aryl methyl sites for hydroxylation is 1. The number of para-hydroxylation sites is 1. The Bertz CT molecular complexity index is 1360. The van der Waals surface area contributed by atoms with Crippen LogP contribution in [0.4, 0.5) is 10.9 Å². The third-order valence-corrected chi connectivity index (χ3v) is 6.28. The Morgan fingerprint density at radius 2 is 2.03 bits per heavy atom. The number of fused-ring (bicyclic) bond motifs is 1. The molecule has 0 fully saturated rings. The molecule has 0 saturated carbocycles. The van der Waals surface area contributed by atoms with Crippen molar-refractivity contribution in [3.8, 4) is 21.8 Å². The first-order valence-electron chi connectivity index (χ1n) is 8.72. The Labute approximate surface area is 173 Å². The summed E-state index contributed by atoms with van der Waals surface area (Å²) in [5.74, 6) is 1.15. The van der Waals surface area contributed by atoms with Crippen LogP contribution in [0.1, 0.15) is 11.1 Å². The number of hydrogen-bond acceptors (Lipinski definition) is 8. The number of hydrogen-bond donors (Lipinski definition) is 1. The number of benzene rings is 1. The summed E-state index contributed by atoms with van der Waals surface area (Å²) in [7, 11) is 0. The Hall–Kier alpha value is -3.61. The third-order valence-electron chi connectivity index (χ3n) is 4.40. The van der Waals surface area contributed by atoms with Crippen molar-refractivity contribution in [1.29, 1.82) is 5.26 Å². The SMILES string of the molecule is Cc1cc(-n2ncc(C#N)c2Nc2nnc(-c3cccs3)s2)nc2ccccc12. The largest absolute Gasteiger partial charge is 0.313 e. The molecule has 0 aliphatic carbocycles. The van der Waals surface area contributed by atoms with Crippen LogP contribution < -0.4 is 5.32 Å². The average molecular weight is 416 g/mol. The topological polar surface area (TPSA) is 92.3 Å². The lowest BCUT2D eigenvalue weighted by molar-refractivity contribution is 0.858. The number of rotatable bonds is 4. The lowest BCUT2D eigenvalue weighted by Crippen LogP contribution is -2.06. The molecule has 0 aliphatic rings. The number of pyridine rings is 1. The van der Waals surface area contributed by atoms with Crippen LogP contribution in [0, 0.1) is 18.3 Å². The second kappa shape index (κ2) is 7.09. The Balaban J connectivity index is 1.57. The first kappa shape index (κ1) is 17.5. The molecule has 1 N–H and O–H groups in total. The summed E-state index contributed by atoms with van der Waals surface area (Å²) in [4.78, 5) is 5.77. The molecule has 5 aromatic rings. The fourth-order valence-electron chi connectivity index (χ4n) is 3.04. The molecule has 0 aliphatic heterocycles. The van der Waals surface area contributed by atoms with E-state index in [1.807, 2.05) is 54.8 Å². The van der Waals surface area contributed by atoms with Gasteiger partial charge in [0, 0.05) is 5.39 Å². The van der Waals surface area contributed by atoms with Gasteiger partial charge in [-0.2, -0.15) is 15.0 Å². The highest BCUT2D eigenvalue weighted by Gasteiger charge is 2.17. The monoisotopic (exact) mass is 415 g/mol. The van der Waals surface area contributed by atoms with Crippen LogP contribution in [0.5, 0.6) is 0 Å². The lowest BCUT2D eigenvalue weighted by Gasteiger charge is -2.10. The molecular formula is C20H13N7S2. The third kappa shape index (κ3) is 3.14. The average Bonchev–Trinajstić information content (AvgIpc) is 3.49. The van der Waals surface area contributed by atoms with Crippen molar-refractivity contribution < 1.29 is 0 Å². The van der Waals surface area contributed by atoms with E-state index in [1.54, 1.807) is 16.0 Å². The highest BCUT2D eigenvalue weighted by atomic mass is 32.1. The molecule has 0 amide bonds. The van der Waals surface area contributed by atoms with Gasteiger partial charge in [-0.05, 0) is 36.1 Å². The maximum Gasteiger partial charge on any atom is 0.211 e. The molecule has 0 bridgehead atoms. The number of nitrogens with zero attached hydrogens (tertiary/aromatic N) is 6. The van der Waals surface area contributed by atoms with E-state index < -0.39 is 0 Å². The van der Waals surface area contributed by atoms with Gasteiger partial charge in [-0.15, -0.1) is 21.5 Å². The Kier molecular flexibility index (Phi) is 4.27. The summed E-state index contributed by atoms with van der Waals surface area (Å²) in [5, 5.41) is 30.1. The first-order chi connectivity index (χ1) is 14.2. The van der Waals surface area contributed by atoms with E-state index >= 15 is 0 Å². The van der Waals surface area contributed by atoms with E-state index in [0.717, 1.165) is 26.4 Å². The van der Waals surface area contributed by atoms with Crippen LogP contribution in [0.15, 0.2) is 54.0 Å². The number of thiophene rings is 1. The molecule has 5 rings (SSSR count). The molecular weight excluding hydrogens is 402 g/mol. The van der Waals surface area contributed by atoms with Gasteiger partial charge in [0.1, 0.15) is 11.6 Å². The predicted octanol–water partition coefficient (Wildman–Crippen LogP) is 4.92. The number of anilines is 2. The van der Waals surface area contributed by atoms with Gasteiger partial charge in [-0.25, -0.2) is 4.98 Å². The maximum atomic E-state index is 9.54. The van der Waals surface area contributed by atoms with Gasteiger partial charge in [0.05, 0.1) is 16.6 Å². The molecule has 4 heterocycles. The minimum atomic E-state index is 0.408. The zero-order chi connectivity index (χ0) is 19.8. The smallest absolute Gasteiger partial charge is 0.211 e. The summed E-state index contributed by atoms with van der Waals surface area (Å²) in [6.45, 7) is 2.04. The molecule has 0 saturated heterocycles. The van der Waals surface area contributed by atoms with Crippen LogP contribution in [0.2, 0.25) is 0 Å². The quantitative estimate of drug-likeness (QED) is 0.448. The van der Waals surface area contributed by atoms with E-state index in [4.69, 9.17) is 4.98 Å². The number of nitrogens with one attached hydrogen (secondary N) is 1. The standard InChI is InChI=1S/C20H13N7S2/c1-12-9-17(23-15-6-3-2-5-14(12)15)27-18(13(10-21)11-22-27)24-20-26-25-19(29-20)16-7-4-8-28-16/h2-9,11H,1H3,(H,24,26). The summed E-state index contributed by atoms with van der Waals surface area (Å²) < 4.78 is 1.63. The molecule has 29 heavy (non-hydrogen) atoms. The predicted molar refractivity (Wildman–Crippen MR) is 115 cm³/mol. The first-order valence-corrected chi connectivity index (χ1v) is 10.4. The summed E-state index contributed by atoms with van der Waals surface area (Å²) in [6, 6.07) is 16.1. The molecule has 4 aromatic heterocycles. The van der Waals surface area contributed by atoms with Gasteiger partial charge >= 0.3 is 0 Å². The second-order valence-corrected chi connectivity index (χ2v) is 8.18. The van der Waals surface area contributed by atoms with Gasteiger partial charge in [0.25, 0.3) is 0 Å². The zero-order valence-electron chi connectivity index (χ0n) is 15.2. The highest BCUT2D eigenvalue weighted by molar-refractivity contribution is 7.22. The normalized spacial score (nSPS) is 10.9. The van der Waals surface area contributed by atoms with E-state index in [9.17, 15) is 5.26 Å².